The van der Waals surface area contributed by atoms with E-state index in [4.69, 9.17) is 0 Å². The summed E-state index contributed by atoms with van der Waals surface area (Å²) in [5.74, 6) is -5.88. The molecule has 2 amide bonds. The third-order valence-corrected chi connectivity index (χ3v) is 4.01. The van der Waals surface area contributed by atoms with Gasteiger partial charge in [0, 0.05) is 20.0 Å². The number of aromatic nitrogens is 2. The Kier molecular flexibility index (Phi) is 5.27. The maximum atomic E-state index is 14.1. The normalized spacial score (nSPS) is 11.4. The van der Waals surface area contributed by atoms with Crippen LogP contribution in [0.1, 0.15) is 12.6 Å². The van der Waals surface area contributed by atoms with Gasteiger partial charge in [0.25, 0.3) is 5.92 Å². The van der Waals surface area contributed by atoms with Crippen molar-refractivity contribution in [2.75, 3.05) is 10.6 Å². The van der Waals surface area contributed by atoms with Gasteiger partial charge in [0.1, 0.15) is 29.0 Å². The van der Waals surface area contributed by atoms with Crippen LogP contribution in [0, 0.1) is 17.5 Å². The molecule has 0 aliphatic rings. The molecule has 29 heavy (non-hydrogen) atoms. The first-order valence-corrected chi connectivity index (χ1v) is 8.30. The van der Waals surface area contributed by atoms with E-state index in [0.717, 1.165) is 28.9 Å². The van der Waals surface area contributed by atoms with Crippen molar-refractivity contribution in [2.45, 2.75) is 12.8 Å². The standard InChI is InChI=1S/C19H15F5N4O/c1-19(23,24)16-15(10-3-5-11(20)6-4-10)17(28(2)27-16)26-18(29)25-14-8-7-12(21)9-13(14)22/h3-9H,1-2H3,(H2,25,26,29). The number of anilines is 2. The first-order valence-electron chi connectivity index (χ1n) is 8.30. The summed E-state index contributed by atoms with van der Waals surface area (Å²) in [6, 6.07) is 6.28. The van der Waals surface area contributed by atoms with Crippen LogP contribution in [0.4, 0.5) is 38.3 Å². The summed E-state index contributed by atoms with van der Waals surface area (Å²) in [5.41, 5.74) is -0.862. The van der Waals surface area contributed by atoms with Crippen LogP contribution in [0.2, 0.25) is 0 Å². The van der Waals surface area contributed by atoms with E-state index in [1.165, 1.54) is 19.2 Å². The van der Waals surface area contributed by atoms with E-state index >= 15 is 0 Å². The quantitative estimate of drug-likeness (QED) is 0.577. The highest BCUT2D eigenvalue weighted by atomic mass is 19.3. The summed E-state index contributed by atoms with van der Waals surface area (Å²) in [6.45, 7) is 0.639. The highest BCUT2D eigenvalue weighted by Gasteiger charge is 2.35. The Morgan fingerprint density at radius 3 is 2.21 bits per heavy atom. The predicted octanol–water partition coefficient (Wildman–Crippen LogP) is 5.26. The average molecular weight is 410 g/mol. The highest BCUT2D eigenvalue weighted by Crippen LogP contribution is 2.39. The van der Waals surface area contributed by atoms with Gasteiger partial charge in [-0.1, -0.05) is 12.1 Å². The van der Waals surface area contributed by atoms with Crippen LogP contribution >= 0.6 is 0 Å². The van der Waals surface area contributed by atoms with Crippen LogP contribution in [0.5, 0.6) is 0 Å². The van der Waals surface area contributed by atoms with Gasteiger partial charge < -0.3 is 5.32 Å². The third kappa shape index (κ3) is 4.36. The lowest BCUT2D eigenvalue weighted by molar-refractivity contribution is 0.0128. The van der Waals surface area contributed by atoms with Gasteiger partial charge in [-0.05, 0) is 29.8 Å². The summed E-state index contributed by atoms with van der Waals surface area (Å²) < 4.78 is 69.2. The zero-order chi connectivity index (χ0) is 21.3. The van der Waals surface area contributed by atoms with Crippen LogP contribution in [0.25, 0.3) is 11.1 Å². The van der Waals surface area contributed by atoms with Gasteiger partial charge in [-0.15, -0.1) is 0 Å². The Hall–Kier alpha value is -3.43. The second-order valence-corrected chi connectivity index (χ2v) is 6.29. The Balaban J connectivity index is 1.99. The smallest absolute Gasteiger partial charge is 0.305 e. The van der Waals surface area contributed by atoms with E-state index in [1.54, 1.807) is 0 Å². The molecule has 0 bridgehead atoms. The second-order valence-electron chi connectivity index (χ2n) is 6.29. The van der Waals surface area contributed by atoms with Gasteiger partial charge in [-0.3, -0.25) is 10.00 Å². The molecule has 1 heterocycles. The van der Waals surface area contributed by atoms with E-state index in [-0.39, 0.29) is 22.6 Å². The Morgan fingerprint density at radius 2 is 1.62 bits per heavy atom. The molecule has 5 nitrogen and oxygen atoms in total. The minimum atomic E-state index is -3.36. The van der Waals surface area contributed by atoms with Crippen molar-refractivity contribution >= 4 is 17.5 Å². The minimum absolute atomic E-state index is 0.116. The molecule has 0 atom stereocenters. The Morgan fingerprint density at radius 1 is 1.00 bits per heavy atom. The summed E-state index contributed by atoms with van der Waals surface area (Å²) in [4.78, 5) is 12.3. The number of hydrogen-bond acceptors (Lipinski definition) is 2. The first kappa shape index (κ1) is 20.3. The van der Waals surface area contributed by atoms with E-state index in [9.17, 15) is 26.7 Å². The molecule has 0 radical (unpaired) electrons. The van der Waals surface area contributed by atoms with Gasteiger partial charge >= 0.3 is 6.03 Å². The number of rotatable bonds is 4. The highest BCUT2D eigenvalue weighted by molar-refractivity contribution is 6.02. The fraction of sp³-hybridized carbons (Fsp3) is 0.158. The van der Waals surface area contributed by atoms with E-state index in [0.29, 0.717) is 13.0 Å². The van der Waals surface area contributed by atoms with Crippen molar-refractivity contribution in [2.24, 2.45) is 7.05 Å². The number of nitrogens with zero attached hydrogens (tertiary/aromatic N) is 2. The number of amides is 2. The molecule has 0 aliphatic heterocycles. The van der Waals surface area contributed by atoms with Gasteiger partial charge in [0.2, 0.25) is 0 Å². The minimum Gasteiger partial charge on any atom is -0.305 e. The molecule has 10 heteroatoms. The number of hydrogen-bond donors (Lipinski definition) is 2. The summed E-state index contributed by atoms with van der Waals surface area (Å²) in [6.07, 6.45) is 0. The lowest BCUT2D eigenvalue weighted by Crippen LogP contribution is -2.22. The van der Waals surface area contributed by atoms with E-state index in [1.807, 2.05) is 0 Å². The molecule has 3 aromatic rings. The average Bonchev–Trinajstić information content (AvgIpc) is 2.95. The number of carbonyl (C=O) groups is 1. The molecule has 0 saturated heterocycles. The monoisotopic (exact) mass is 410 g/mol. The van der Waals surface area contributed by atoms with E-state index < -0.39 is 35.1 Å². The lowest BCUT2D eigenvalue weighted by Gasteiger charge is -2.13. The van der Waals surface area contributed by atoms with Crippen molar-refractivity contribution in [3.05, 3.63) is 65.6 Å². The number of nitrogens with one attached hydrogen (secondary N) is 2. The molecule has 3 rings (SSSR count). The maximum Gasteiger partial charge on any atom is 0.324 e. The topological polar surface area (TPSA) is 59.0 Å². The van der Waals surface area contributed by atoms with Crippen LogP contribution < -0.4 is 10.6 Å². The third-order valence-electron chi connectivity index (χ3n) is 4.01. The molecule has 0 unspecified atom stereocenters. The van der Waals surface area contributed by atoms with Crippen molar-refractivity contribution in [3.8, 4) is 11.1 Å². The molecule has 0 fully saturated rings. The molecule has 0 aliphatic carbocycles. The Labute approximate surface area is 162 Å². The molecular weight excluding hydrogens is 395 g/mol. The molecule has 0 saturated carbocycles. The van der Waals surface area contributed by atoms with Gasteiger partial charge in [0.05, 0.1) is 11.3 Å². The van der Waals surface area contributed by atoms with Crippen LogP contribution in [0.15, 0.2) is 42.5 Å². The fourth-order valence-electron chi connectivity index (χ4n) is 2.72. The summed E-state index contributed by atoms with van der Waals surface area (Å²) >= 11 is 0. The number of benzene rings is 2. The predicted molar refractivity (Wildman–Crippen MR) is 97.2 cm³/mol. The molecular formula is C19H15F5N4O. The zero-order valence-corrected chi connectivity index (χ0v) is 15.2. The zero-order valence-electron chi connectivity index (χ0n) is 15.2. The van der Waals surface area contributed by atoms with Crippen LogP contribution in [-0.2, 0) is 13.0 Å². The van der Waals surface area contributed by atoms with Crippen molar-refractivity contribution in [1.82, 2.24) is 9.78 Å². The summed E-state index contributed by atoms with van der Waals surface area (Å²) in [7, 11) is 1.33. The second kappa shape index (κ2) is 7.53. The molecule has 2 aromatic carbocycles. The van der Waals surface area contributed by atoms with Crippen molar-refractivity contribution in [3.63, 3.8) is 0 Å². The summed E-state index contributed by atoms with van der Waals surface area (Å²) in [5, 5.41) is 8.28. The van der Waals surface area contributed by atoms with Gasteiger partial charge in [0.15, 0.2) is 0 Å². The molecule has 1 aromatic heterocycles. The number of carbonyl (C=O) groups excluding carboxylic acids is 1. The van der Waals surface area contributed by atoms with E-state index in [2.05, 4.69) is 15.7 Å². The number of alkyl halides is 2. The van der Waals surface area contributed by atoms with Crippen LogP contribution in [0.3, 0.4) is 0 Å². The SMILES string of the molecule is Cn1nc(C(C)(F)F)c(-c2ccc(F)cc2)c1NC(=O)Nc1ccc(F)cc1F. The van der Waals surface area contributed by atoms with Gasteiger partial charge in [-0.25, -0.2) is 18.0 Å². The maximum absolute atomic E-state index is 14.1. The Bertz CT molecular complexity index is 1060. The van der Waals surface area contributed by atoms with Crippen molar-refractivity contribution < 1.29 is 26.7 Å². The number of aryl methyl sites for hydroxylation is 1. The number of halogens is 5. The van der Waals surface area contributed by atoms with Crippen molar-refractivity contribution in [1.29, 1.82) is 0 Å². The molecule has 152 valence electrons. The molecule has 2 N–H and O–H groups in total. The number of urea groups is 1. The van der Waals surface area contributed by atoms with Crippen LogP contribution in [-0.4, -0.2) is 15.8 Å². The van der Waals surface area contributed by atoms with Gasteiger partial charge in [-0.2, -0.15) is 13.9 Å². The first-order chi connectivity index (χ1) is 13.6. The largest absolute Gasteiger partial charge is 0.324 e. The molecule has 0 spiro atoms. The fourth-order valence-corrected chi connectivity index (χ4v) is 2.72. The lowest BCUT2D eigenvalue weighted by atomic mass is 10.0.